The molecule has 1 unspecified atom stereocenters. The van der Waals surface area contributed by atoms with Crippen LogP contribution in [0.1, 0.15) is 19.4 Å². The Morgan fingerprint density at radius 1 is 1.43 bits per heavy atom. The van der Waals surface area contributed by atoms with Crippen LogP contribution in [0.15, 0.2) is 24.3 Å². The molecule has 0 bridgehead atoms. The van der Waals surface area contributed by atoms with Gasteiger partial charge in [-0.25, -0.2) is 0 Å². The number of halogens is 3. The normalized spacial score (nSPS) is 12.9. The number of amides is 1. The van der Waals surface area contributed by atoms with E-state index in [9.17, 15) is 18.0 Å². The predicted octanol–water partition coefficient (Wildman–Crippen LogP) is 2.54. The van der Waals surface area contributed by atoms with Crippen molar-refractivity contribution >= 4 is 5.91 Å². The molecule has 0 saturated heterocycles. The van der Waals surface area contributed by atoms with Crippen LogP contribution in [0.25, 0.3) is 0 Å². The molecule has 0 fully saturated rings. The molecule has 0 radical (unpaired) electrons. The molecule has 1 amide bonds. The van der Waals surface area contributed by atoms with Crippen molar-refractivity contribution in [2.75, 3.05) is 13.6 Å². The van der Waals surface area contributed by atoms with Gasteiger partial charge in [0.05, 0.1) is 6.04 Å². The number of alkyl halides is 3. The van der Waals surface area contributed by atoms with Gasteiger partial charge in [0.25, 0.3) is 0 Å². The number of hydrogen-bond acceptors (Lipinski definition) is 3. The zero-order valence-corrected chi connectivity index (χ0v) is 12.2. The molecule has 0 aliphatic carbocycles. The number of nitrogens with zero attached hydrogens (tertiary/aromatic N) is 1. The molecule has 0 aromatic heterocycles. The van der Waals surface area contributed by atoms with Crippen LogP contribution in [0.4, 0.5) is 13.2 Å². The summed E-state index contributed by atoms with van der Waals surface area (Å²) in [5, 5.41) is 2.98. The number of ether oxygens (including phenoxy) is 1. The molecule has 0 saturated carbocycles. The van der Waals surface area contributed by atoms with Crippen molar-refractivity contribution in [3.63, 3.8) is 0 Å². The van der Waals surface area contributed by atoms with E-state index in [1.54, 1.807) is 24.9 Å². The first-order chi connectivity index (χ1) is 9.73. The van der Waals surface area contributed by atoms with Crippen LogP contribution in [0.3, 0.4) is 0 Å². The Hall–Kier alpha value is -1.76. The van der Waals surface area contributed by atoms with E-state index >= 15 is 0 Å². The average Bonchev–Trinajstić information content (AvgIpc) is 2.41. The highest BCUT2D eigenvalue weighted by molar-refractivity contribution is 5.81. The van der Waals surface area contributed by atoms with Gasteiger partial charge in [-0.15, -0.1) is 13.2 Å². The second kappa shape index (κ2) is 7.31. The van der Waals surface area contributed by atoms with E-state index in [1.807, 2.05) is 6.92 Å². The van der Waals surface area contributed by atoms with Crippen molar-refractivity contribution in [3.8, 4) is 5.75 Å². The highest BCUT2D eigenvalue weighted by atomic mass is 19.4. The lowest BCUT2D eigenvalue weighted by Gasteiger charge is -2.20. The van der Waals surface area contributed by atoms with Gasteiger partial charge in [-0.2, -0.15) is 0 Å². The Kier molecular flexibility index (Phi) is 6.02. The number of carbonyl (C=O) groups is 1. The molecule has 1 N–H and O–H groups in total. The zero-order chi connectivity index (χ0) is 16.0. The number of rotatable bonds is 6. The smallest absolute Gasteiger partial charge is 0.406 e. The molecule has 1 atom stereocenters. The number of hydrogen-bond donors (Lipinski definition) is 1. The zero-order valence-electron chi connectivity index (χ0n) is 12.2. The van der Waals surface area contributed by atoms with Gasteiger partial charge in [-0.05, 0) is 31.5 Å². The molecule has 0 heterocycles. The van der Waals surface area contributed by atoms with Crippen LogP contribution in [0.2, 0.25) is 0 Å². The summed E-state index contributed by atoms with van der Waals surface area (Å²) in [7, 11) is 1.69. The van der Waals surface area contributed by atoms with Crippen LogP contribution >= 0.6 is 0 Å². The molecule has 7 heteroatoms. The molecule has 1 aromatic rings. The van der Waals surface area contributed by atoms with Gasteiger partial charge in [-0.3, -0.25) is 4.79 Å². The summed E-state index contributed by atoms with van der Waals surface area (Å²) < 4.78 is 40.2. The standard InChI is InChI=1S/C14H19F3N2O2/c1-4-19(3)13(20)10(2)18-9-11-6-5-7-12(8-11)21-14(15,16)17/h5-8,10,18H,4,9H2,1-3H3. The van der Waals surface area contributed by atoms with Gasteiger partial charge in [0.2, 0.25) is 5.91 Å². The summed E-state index contributed by atoms with van der Waals surface area (Å²) in [4.78, 5) is 13.4. The fraction of sp³-hybridized carbons (Fsp3) is 0.500. The van der Waals surface area contributed by atoms with Gasteiger partial charge in [0, 0.05) is 20.1 Å². The Balaban J connectivity index is 2.60. The van der Waals surface area contributed by atoms with Crippen molar-refractivity contribution in [3.05, 3.63) is 29.8 Å². The lowest BCUT2D eigenvalue weighted by Crippen LogP contribution is -2.42. The molecule has 0 aliphatic heterocycles. The lowest BCUT2D eigenvalue weighted by molar-refractivity contribution is -0.274. The average molecular weight is 304 g/mol. The monoisotopic (exact) mass is 304 g/mol. The minimum atomic E-state index is -4.71. The van der Waals surface area contributed by atoms with Crippen molar-refractivity contribution < 1.29 is 22.7 Å². The number of nitrogens with one attached hydrogen (secondary N) is 1. The van der Waals surface area contributed by atoms with Gasteiger partial charge >= 0.3 is 6.36 Å². The van der Waals surface area contributed by atoms with Gasteiger partial charge in [0.1, 0.15) is 5.75 Å². The Morgan fingerprint density at radius 3 is 2.67 bits per heavy atom. The SMILES string of the molecule is CCN(C)C(=O)C(C)NCc1cccc(OC(F)(F)F)c1. The maximum Gasteiger partial charge on any atom is 0.573 e. The second-order valence-corrected chi connectivity index (χ2v) is 4.65. The first-order valence-corrected chi connectivity index (χ1v) is 6.56. The Bertz CT molecular complexity index is 478. The second-order valence-electron chi connectivity index (χ2n) is 4.65. The molecular formula is C14H19F3N2O2. The van der Waals surface area contributed by atoms with E-state index in [2.05, 4.69) is 10.1 Å². The van der Waals surface area contributed by atoms with E-state index in [4.69, 9.17) is 0 Å². The topological polar surface area (TPSA) is 41.6 Å². The van der Waals surface area contributed by atoms with Crippen LogP contribution in [0, 0.1) is 0 Å². The maximum absolute atomic E-state index is 12.1. The lowest BCUT2D eigenvalue weighted by atomic mass is 10.2. The van der Waals surface area contributed by atoms with Crippen LogP contribution in [0.5, 0.6) is 5.75 Å². The third kappa shape index (κ3) is 6.03. The van der Waals surface area contributed by atoms with Crippen LogP contribution < -0.4 is 10.1 Å². The summed E-state index contributed by atoms with van der Waals surface area (Å²) in [5.41, 5.74) is 0.607. The van der Waals surface area contributed by atoms with Gasteiger partial charge in [0.15, 0.2) is 0 Å². The molecule has 0 spiro atoms. The largest absolute Gasteiger partial charge is 0.573 e. The molecule has 4 nitrogen and oxygen atoms in total. The number of likely N-dealkylation sites (N-methyl/N-ethyl adjacent to an activating group) is 1. The highest BCUT2D eigenvalue weighted by Gasteiger charge is 2.31. The summed E-state index contributed by atoms with van der Waals surface area (Å²) in [6.45, 7) is 4.45. The molecule has 1 aromatic carbocycles. The molecule has 118 valence electrons. The predicted molar refractivity (Wildman–Crippen MR) is 72.7 cm³/mol. The minimum absolute atomic E-state index is 0.0693. The summed E-state index contributed by atoms with van der Waals surface area (Å²) >= 11 is 0. The van der Waals surface area contributed by atoms with E-state index in [0.29, 0.717) is 12.1 Å². The quantitative estimate of drug-likeness (QED) is 0.878. The van der Waals surface area contributed by atoms with E-state index < -0.39 is 12.4 Å². The Morgan fingerprint density at radius 2 is 2.10 bits per heavy atom. The fourth-order valence-corrected chi connectivity index (χ4v) is 1.70. The molecule has 0 aliphatic rings. The minimum Gasteiger partial charge on any atom is -0.406 e. The third-order valence-electron chi connectivity index (χ3n) is 2.97. The van der Waals surface area contributed by atoms with Crippen molar-refractivity contribution in [1.29, 1.82) is 0 Å². The summed E-state index contributed by atoms with van der Waals surface area (Å²) in [6.07, 6.45) is -4.71. The summed E-state index contributed by atoms with van der Waals surface area (Å²) in [6, 6.07) is 5.25. The highest BCUT2D eigenvalue weighted by Crippen LogP contribution is 2.23. The van der Waals surface area contributed by atoms with E-state index in [0.717, 1.165) is 0 Å². The van der Waals surface area contributed by atoms with Crippen molar-refractivity contribution in [2.45, 2.75) is 32.8 Å². The van der Waals surface area contributed by atoms with E-state index in [-0.39, 0.29) is 18.2 Å². The molecule has 21 heavy (non-hydrogen) atoms. The van der Waals surface area contributed by atoms with Gasteiger partial charge < -0.3 is 15.0 Å². The fourth-order valence-electron chi connectivity index (χ4n) is 1.70. The van der Waals surface area contributed by atoms with Crippen LogP contribution in [-0.2, 0) is 11.3 Å². The maximum atomic E-state index is 12.1. The number of carbonyl (C=O) groups excluding carboxylic acids is 1. The summed E-state index contributed by atoms with van der Waals surface area (Å²) in [5.74, 6) is -0.341. The van der Waals surface area contributed by atoms with E-state index in [1.165, 1.54) is 18.2 Å². The third-order valence-corrected chi connectivity index (χ3v) is 2.97. The van der Waals surface area contributed by atoms with Gasteiger partial charge in [-0.1, -0.05) is 12.1 Å². The Labute approximate surface area is 121 Å². The van der Waals surface area contributed by atoms with Crippen molar-refractivity contribution in [2.24, 2.45) is 0 Å². The van der Waals surface area contributed by atoms with Crippen molar-refractivity contribution in [1.82, 2.24) is 10.2 Å². The molecular weight excluding hydrogens is 285 g/mol. The first-order valence-electron chi connectivity index (χ1n) is 6.56. The first kappa shape index (κ1) is 17.3. The van der Waals surface area contributed by atoms with Crippen LogP contribution in [-0.4, -0.2) is 36.8 Å². The molecule has 1 rings (SSSR count). The number of benzene rings is 1.